The molecule has 0 aliphatic carbocycles. The van der Waals surface area contributed by atoms with E-state index in [4.69, 9.17) is 9.47 Å². The molecule has 0 radical (unpaired) electrons. The number of hydrogen-bond acceptors (Lipinski definition) is 3. The summed E-state index contributed by atoms with van der Waals surface area (Å²) in [5, 5.41) is 3.14. The smallest absolute Gasteiger partial charge is 0.127 e. The van der Waals surface area contributed by atoms with Crippen LogP contribution in [0.4, 0.5) is 0 Å². The molecule has 0 bridgehead atoms. The second kappa shape index (κ2) is 4.11. The first-order valence-corrected chi connectivity index (χ1v) is 5.25. The highest BCUT2D eigenvalue weighted by Crippen LogP contribution is 2.35. The Hall–Kier alpha value is -1.22. The summed E-state index contributed by atoms with van der Waals surface area (Å²) in [6, 6.07) is 4.10. The Morgan fingerprint density at radius 3 is 3.00 bits per heavy atom. The number of rotatable bonds is 3. The van der Waals surface area contributed by atoms with Crippen LogP contribution in [0.5, 0.6) is 11.5 Å². The maximum atomic E-state index is 5.79. The van der Waals surface area contributed by atoms with E-state index in [1.54, 1.807) is 7.11 Å². The summed E-state index contributed by atoms with van der Waals surface area (Å²) >= 11 is 0. The standard InChI is InChI=1S/C12H17NO2/c1-8-4-9-5-11(14-3)6-10(7-13-2)12(9)15-8/h5-6,8,13H,4,7H2,1-3H3. The quantitative estimate of drug-likeness (QED) is 0.819. The molecule has 0 aromatic heterocycles. The molecule has 0 amide bonds. The largest absolute Gasteiger partial charge is 0.497 e. The Morgan fingerprint density at radius 2 is 2.33 bits per heavy atom. The molecule has 1 unspecified atom stereocenters. The van der Waals surface area contributed by atoms with Gasteiger partial charge in [0.25, 0.3) is 0 Å². The summed E-state index contributed by atoms with van der Waals surface area (Å²) in [7, 11) is 3.63. The zero-order chi connectivity index (χ0) is 10.8. The van der Waals surface area contributed by atoms with Crippen molar-refractivity contribution in [2.24, 2.45) is 0 Å². The zero-order valence-electron chi connectivity index (χ0n) is 9.46. The van der Waals surface area contributed by atoms with Gasteiger partial charge in [0.1, 0.15) is 17.6 Å². The van der Waals surface area contributed by atoms with Crippen molar-refractivity contribution in [2.45, 2.75) is 26.0 Å². The molecule has 1 N–H and O–H groups in total. The van der Waals surface area contributed by atoms with Crippen LogP contribution in [-0.2, 0) is 13.0 Å². The van der Waals surface area contributed by atoms with E-state index >= 15 is 0 Å². The molecule has 82 valence electrons. The minimum atomic E-state index is 0.280. The zero-order valence-corrected chi connectivity index (χ0v) is 9.46. The van der Waals surface area contributed by atoms with Crippen LogP contribution in [-0.4, -0.2) is 20.3 Å². The van der Waals surface area contributed by atoms with E-state index in [-0.39, 0.29) is 6.10 Å². The maximum Gasteiger partial charge on any atom is 0.127 e. The predicted octanol–water partition coefficient (Wildman–Crippen LogP) is 1.74. The van der Waals surface area contributed by atoms with Crippen molar-refractivity contribution in [3.63, 3.8) is 0 Å². The molecule has 0 spiro atoms. The van der Waals surface area contributed by atoms with Gasteiger partial charge < -0.3 is 14.8 Å². The first-order chi connectivity index (χ1) is 7.24. The van der Waals surface area contributed by atoms with Crippen LogP contribution in [0.25, 0.3) is 0 Å². The lowest BCUT2D eigenvalue weighted by Gasteiger charge is -2.10. The van der Waals surface area contributed by atoms with E-state index in [1.807, 2.05) is 13.1 Å². The number of methoxy groups -OCH3 is 1. The van der Waals surface area contributed by atoms with Gasteiger partial charge >= 0.3 is 0 Å². The molecule has 0 saturated heterocycles. The van der Waals surface area contributed by atoms with Gasteiger partial charge in [-0.15, -0.1) is 0 Å². The molecule has 3 nitrogen and oxygen atoms in total. The van der Waals surface area contributed by atoms with Crippen LogP contribution in [0.15, 0.2) is 12.1 Å². The van der Waals surface area contributed by atoms with Crippen LogP contribution in [0, 0.1) is 0 Å². The van der Waals surface area contributed by atoms with Crippen LogP contribution in [0.1, 0.15) is 18.1 Å². The van der Waals surface area contributed by atoms with Crippen LogP contribution in [0.2, 0.25) is 0 Å². The molecular formula is C12H17NO2. The van der Waals surface area contributed by atoms with Gasteiger partial charge in [0, 0.05) is 24.1 Å². The Bertz CT molecular complexity index is 363. The summed E-state index contributed by atoms with van der Waals surface area (Å²) in [4.78, 5) is 0. The normalized spacial score (nSPS) is 18.5. The lowest BCUT2D eigenvalue weighted by molar-refractivity contribution is 0.252. The third kappa shape index (κ3) is 1.92. The van der Waals surface area contributed by atoms with E-state index in [0.717, 1.165) is 24.5 Å². The molecule has 1 aromatic carbocycles. The predicted molar refractivity (Wildman–Crippen MR) is 59.6 cm³/mol. The van der Waals surface area contributed by atoms with Gasteiger partial charge in [-0.1, -0.05) is 0 Å². The molecular weight excluding hydrogens is 190 g/mol. The van der Waals surface area contributed by atoms with Gasteiger partial charge in [-0.05, 0) is 26.1 Å². The van der Waals surface area contributed by atoms with Gasteiger partial charge in [-0.25, -0.2) is 0 Å². The molecule has 0 fully saturated rings. The minimum Gasteiger partial charge on any atom is -0.497 e. The molecule has 1 aliphatic rings. The molecule has 3 heteroatoms. The van der Waals surface area contributed by atoms with Crippen LogP contribution >= 0.6 is 0 Å². The molecule has 1 aliphatic heterocycles. The van der Waals surface area contributed by atoms with E-state index in [0.29, 0.717) is 0 Å². The molecule has 1 heterocycles. The number of hydrogen-bond donors (Lipinski definition) is 1. The fourth-order valence-electron chi connectivity index (χ4n) is 2.02. The Labute approximate surface area is 90.4 Å². The van der Waals surface area contributed by atoms with Gasteiger partial charge in [0.2, 0.25) is 0 Å². The highest BCUT2D eigenvalue weighted by molar-refractivity contribution is 5.49. The average molecular weight is 207 g/mol. The molecule has 1 atom stereocenters. The molecule has 15 heavy (non-hydrogen) atoms. The van der Waals surface area contributed by atoms with Crippen molar-refractivity contribution in [2.75, 3.05) is 14.2 Å². The van der Waals surface area contributed by atoms with Gasteiger partial charge in [0.15, 0.2) is 0 Å². The third-order valence-electron chi connectivity index (χ3n) is 2.65. The summed E-state index contributed by atoms with van der Waals surface area (Å²) in [6.07, 6.45) is 1.26. The molecule has 1 aromatic rings. The van der Waals surface area contributed by atoms with Crippen molar-refractivity contribution in [3.8, 4) is 11.5 Å². The number of fused-ring (bicyclic) bond motifs is 1. The Kier molecular flexibility index (Phi) is 2.82. The van der Waals surface area contributed by atoms with E-state index in [9.17, 15) is 0 Å². The Morgan fingerprint density at radius 1 is 1.53 bits per heavy atom. The van der Waals surface area contributed by atoms with Crippen molar-refractivity contribution < 1.29 is 9.47 Å². The van der Waals surface area contributed by atoms with E-state index in [1.165, 1.54) is 11.1 Å². The summed E-state index contributed by atoms with van der Waals surface area (Å²) in [5.74, 6) is 1.95. The highest BCUT2D eigenvalue weighted by Gasteiger charge is 2.22. The SMILES string of the molecule is CNCc1cc(OC)cc2c1OC(C)C2. The number of ether oxygens (including phenoxy) is 2. The third-order valence-corrected chi connectivity index (χ3v) is 2.65. The van der Waals surface area contributed by atoms with Crippen molar-refractivity contribution in [1.29, 1.82) is 0 Å². The first-order valence-electron chi connectivity index (χ1n) is 5.25. The van der Waals surface area contributed by atoms with E-state index in [2.05, 4.69) is 18.3 Å². The highest BCUT2D eigenvalue weighted by atomic mass is 16.5. The van der Waals surface area contributed by atoms with Gasteiger partial charge in [-0.2, -0.15) is 0 Å². The molecule has 0 saturated carbocycles. The number of benzene rings is 1. The van der Waals surface area contributed by atoms with Crippen molar-refractivity contribution in [1.82, 2.24) is 5.32 Å². The second-order valence-corrected chi connectivity index (χ2v) is 3.94. The fourth-order valence-corrected chi connectivity index (χ4v) is 2.02. The second-order valence-electron chi connectivity index (χ2n) is 3.94. The van der Waals surface area contributed by atoms with Gasteiger partial charge in [-0.3, -0.25) is 0 Å². The topological polar surface area (TPSA) is 30.5 Å². The van der Waals surface area contributed by atoms with Crippen molar-refractivity contribution in [3.05, 3.63) is 23.3 Å². The van der Waals surface area contributed by atoms with Crippen LogP contribution < -0.4 is 14.8 Å². The summed E-state index contributed by atoms with van der Waals surface area (Å²) in [6.45, 7) is 2.90. The summed E-state index contributed by atoms with van der Waals surface area (Å²) in [5.41, 5.74) is 2.43. The lowest BCUT2D eigenvalue weighted by Crippen LogP contribution is -2.09. The molecule has 2 rings (SSSR count). The summed E-state index contributed by atoms with van der Waals surface area (Å²) < 4.78 is 11.1. The Balaban J connectivity index is 2.40. The van der Waals surface area contributed by atoms with Gasteiger partial charge in [0.05, 0.1) is 7.11 Å². The number of nitrogens with one attached hydrogen (secondary N) is 1. The fraction of sp³-hybridized carbons (Fsp3) is 0.500. The van der Waals surface area contributed by atoms with E-state index < -0.39 is 0 Å². The van der Waals surface area contributed by atoms with Crippen LogP contribution in [0.3, 0.4) is 0 Å². The lowest BCUT2D eigenvalue weighted by atomic mass is 10.1. The monoisotopic (exact) mass is 207 g/mol. The minimum absolute atomic E-state index is 0.280. The van der Waals surface area contributed by atoms with Crippen molar-refractivity contribution >= 4 is 0 Å². The average Bonchev–Trinajstić information content (AvgIpc) is 2.58. The first kappa shape index (κ1) is 10.3. The maximum absolute atomic E-state index is 5.79.